The standard InChI is InChI=1S/C23H27N3O5/c1-15-7-8-16(14-24-15)22(28)25-10-9-18-21(23(29)30-2)19(31-17-5-3-4-6-17)13-20(27)26(18)12-11-25/h7-8,13-14,17H,3-6,9-12H2,1-2H3. The van der Waals surface area contributed by atoms with Crippen molar-refractivity contribution >= 4 is 11.9 Å². The number of hydrogen-bond donors (Lipinski definition) is 0. The number of methoxy groups -OCH3 is 1. The Bertz CT molecular complexity index is 1040. The summed E-state index contributed by atoms with van der Waals surface area (Å²) in [5, 5.41) is 0. The second-order valence-corrected chi connectivity index (χ2v) is 8.07. The molecule has 1 aliphatic carbocycles. The Kier molecular flexibility index (Phi) is 6.06. The van der Waals surface area contributed by atoms with Gasteiger partial charge in [0.25, 0.3) is 11.5 Å². The molecule has 0 bridgehead atoms. The van der Waals surface area contributed by atoms with Gasteiger partial charge in [0.05, 0.1) is 18.8 Å². The summed E-state index contributed by atoms with van der Waals surface area (Å²) in [4.78, 5) is 44.4. The molecule has 0 atom stereocenters. The Morgan fingerprint density at radius 2 is 1.90 bits per heavy atom. The number of esters is 1. The van der Waals surface area contributed by atoms with Crippen LogP contribution in [-0.4, -0.2) is 52.6 Å². The molecular weight excluding hydrogens is 398 g/mol. The molecule has 0 N–H and O–H groups in total. The second-order valence-electron chi connectivity index (χ2n) is 8.07. The van der Waals surface area contributed by atoms with Gasteiger partial charge in [0, 0.05) is 49.7 Å². The Morgan fingerprint density at radius 3 is 2.58 bits per heavy atom. The van der Waals surface area contributed by atoms with Crippen molar-refractivity contribution in [2.45, 2.75) is 51.7 Å². The smallest absolute Gasteiger partial charge is 0.343 e. The molecule has 0 radical (unpaired) electrons. The van der Waals surface area contributed by atoms with Crippen LogP contribution in [0.4, 0.5) is 0 Å². The van der Waals surface area contributed by atoms with Gasteiger partial charge in [-0.25, -0.2) is 4.79 Å². The Balaban J connectivity index is 1.65. The molecule has 1 saturated carbocycles. The van der Waals surface area contributed by atoms with Crippen molar-refractivity contribution in [2.24, 2.45) is 0 Å². The van der Waals surface area contributed by atoms with Crippen LogP contribution in [-0.2, 0) is 17.7 Å². The number of carbonyl (C=O) groups is 2. The molecule has 0 unspecified atom stereocenters. The van der Waals surface area contributed by atoms with Crippen molar-refractivity contribution in [1.29, 1.82) is 0 Å². The molecule has 3 heterocycles. The minimum Gasteiger partial charge on any atom is -0.489 e. The molecule has 0 saturated heterocycles. The molecule has 2 aromatic heterocycles. The third-order valence-corrected chi connectivity index (χ3v) is 6.02. The first-order valence-corrected chi connectivity index (χ1v) is 10.7. The first-order chi connectivity index (χ1) is 15.0. The van der Waals surface area contributed by atoms with Crippen LogP contribution < -0.4 is 10.3 Å². The minimum atomic E-state index is -0.528. The summed E-state index contributed by atoms with van der Waals surface area (Å²) in [6, 6.07) is 4.93. The van der Waals surface area contributed by atoms with Crippen molar-refractivity contribution in [1.82, 2.24) is 14.5 Å². The van der Waals surface area contributed by atoms with E-state index in [4.69, 9.17) is 9.47 Å². The number of pyridine rings is 2. The Hall–Kier alpha value is -3.16. The number of ether oxygens (including phenoxy) is 2. The highest BCUT2D eigenvalue weighted by Gasteiger charge is 2.29. The molecule has 1 aliphatic heterocycles. The monoisotopic (exact) mass is 425 g/mol. The number of aromatic nitrogens is 2. The Labute approximate surface area is 180 Å². The van der Waals surface area contributed by atoms with Crippen LogP contribution in [0, 0.1) is 6.92 Å². The van der Waals surface area contributed by atoms with Gasteiger partial charge in [-0.15, -0.1) is 0 Å². The lowest BCUT2D eigenvalue weighted by atomic mass is 10.1. The van der Waals surface area contributed by atoms with Gasteiger partial charge in [0.2, 0.25) is 0 Å². The van der Waals surface area contributed by atoms with Crippen LogP contribution in [0.3, 0.4) is 0 Å². The fourth-order valence-corrected chi connectivity index (χ4v) is 4.33. The van der Waals surface area contributed by atoms with Crippen LogP contribution in [0.15, 0.2) is 29.2 Å². The van der Waals surface area contributed by atoms with Crippen molar-refractivity contribution in [3.63, 3.8) is 0 Å². The molecule has 4 rings (SSSR count). The Morgan fingerprint density at radius 1 is 1.13 bits per heavy atom. The third-order valence-electron chi connectivity index (χ3n) is 6.02. The van der Waals surface area contributed by atoms with E-state index >= 15 is 0 Å². The third kappa shape index (κ3) is 4.33. The number of nitrogens with zero attached hydrogens (tertiary/aromatic N) is 3. The molecule has 1 amide bonds. The first kappa shape index (κ1) is 21.1. The first-order valence-electron chi connectivity index (χ1n) is 10.7. The van der Waals surface area contributed by atoms with E-state index in [1.807, 2.05) is 6.92 Å². The predicted octanol–water partition coefficient (Wildman–Crippen LogP) is 2.36. The average molecular weight is 425 g/mol. The SMILES string of the molecule is COC(=O)c1c(OC2CCCC2)cc(=O)n2c1CCN(C(=O)c1ccc(C)nc1)CC2. The number of fused-ring (bicyclic) bond motifs is 1. The highest BCUT2D eigenvalue weighted by atomic mass is 16.5. The summed E-state index contributed by atoms with van der Waals surface area (Å²) in [5.74, 6) is -0.382. The van der Waals surface area contributed by atoms with Gasteiger partial charge in [-0.3, -0.25) is 14.6 Å². The maximum atomic E-state index is 13.0. The lowest BCUT2D eigenvalue weighted by Gasteiger charge is -2.20. The minimum absolute atomic E-state index is 0.00347. The fourth-order valence-electron chi connectivity index (χ4n) is 4.33. The van der Waals surface area contributed by atoms with E-state index in [0.29, 0.717) is 42.9 Å². The highest BCUT2D eigenvalue weighted by molar-refractivity contribution is 5.95. The zero-order chi connectivity index (χ0) is 22.0. The van der Waals surface area contributed by atoms with E-state index < -0.39 is 5.97 Å². The lowest BCUT2D eigenvalue weighted by molar-refractivity contribution is 0.0590. The predicted molar refractivity (Wildman–Crippen MR) is 114 cm³/mol. The number of amides is 1. The summed E-state index contributed by atoms with van der Waals surface area (Å²) >= 11 is 0. The van der Waals surface area contributed by atoms with Crippen molar-refractivity contribution in [3.05, 3.63) is 57.3 Å². The number of aryl methyl sites for hydroxylation is 1. The second kappa shape index (κ2) is 8.91. The van der Waals surface area contributed by atoms with Gasteiger partial charge in [-0.05, 0) is 44.7 Å². The molecule has 164 valence electrons. The van der Waals surface area contributed by atoms with E-state index in [2.05, 4.69) is 4.98 Å². The van der Waals surface area contributed by atoms with Crippen molar-refractivity contribution < 1.29 is 19.1 Å². The molecule has 8 heteroatoms. The van der Waals surface area contributed by atoms with Crippen LogP contribution in [0.2, 0.25) is 0 Å². The van der Waals surface area contributed by atoms with Crippen LogP contribution >= 0.6 is 0 Å². The van der Waals surface area contributed by atoms with E-state index in [-0.39, 0.29) is 23.3 Å². The van der Waals surface area contributed by atoms with Crippen molar-refractivity contribution in [3.8, 4) is 5.75 Å². The van der Waals surface area contributed by atoms with Crippen LogP contribution in [0.25, 0.3) is 0 Å². The largest absolute Gasteiger partial charge is 0.489 e. The maximum Gasteiger partial charge on any atom is 0.343 e. The zero-order valence-corrected chi connectivity index (χ0v) is 17.9. The summed E-state index contributed by atoms with van der Waals surface area (Å²) in [5.41, 5.74) is 1.96. The summed E-state index contributed by atoms with van der Waals surface area (Å²) in [7, 11) is 1.32. The molecular formula is C23H27N3O5. The van der Waals surface area contributed by atoms with Gasteiger partial charge >= 0.3 is 5.97 Å². The maximum absolute atomic E-state index is 13.0. The molecule has 0 aromatic carbocycles. The lowest BCUT2D eigenvalue weighted by Crippen LogP contribution is -2.34. The van der Waals surface area contributed by atoms with Gasteiger partial charge in [0.1, 0.15) is 11.3 Å². The highest BCUT2D eigenvalue weighted by Crippen LogP contribution is 2.29. The van der Waals surface area contributed by atoms with Crippen LogP contribution in [0.1, 0.15) is 57.8 Å². The average Bonchev–Trinajstić information content (AvgIpc) is 3.17. The normalized spacial score (nSPS) is 16.5. The van der Waals surface area contributed by atoms with E-state index in [1.165, 1.54) is 13.2 Å². The molecule has 31 heavy (non-hydrogen) atoms. The quantitative estimate of drug-likeness (QED) is 0.699. The van der Waals surface area contributed by atoms with Crippen molar-refractivity contribution in [2.75, 3.05) is 20.2 Å². The van der Waals surface area contributed by atoms with E-state index in [0.717, 1.165) is 31.4 Å². The summed E-state index contributed by atoms with van der Waals surface area (Å²) in [6.45, 7) is 2.90. The molecule has 2 aliphatic rings. The number of rotatable bonds is 4. The zero-order valence-electron chi connectivity index (χ0n) is 17.9. The van der Waals surface area contributed by atoms with Gasteiger partial charge in [-0.2, -0.15) is 0 Å². The molecule has 2 aromatic rings. The van der Waals surface area contributed by atoms with Gasteiger partial charge < -0.3 is 18.9 Å². The summed E-state index contributed by atoms with van der Waals surface area (Å²) in [6.07, 6.45) is 5.89. The molecule has 1 fully saturated rings. The molecule has 0 spiro atoms. The van der Waals surface area contributed by atoms with Gasteiger partial charge in [0.15, 0.2) is 0 Å². The number of hydrogen-bond acceptors (Lipinski definition) is 6. The summed E-state index contributed by atoms with van der Waals surface area (Å²) < 4.78 is 12.7. The fraction of sp³-hybridized carbons (Fsp3) is 0.478. The van der Waals surface area contributed by atoms with Crippen LogP contribution in [0.5, 0.6) is 5.75 Å². The van der Waals surface area contributed by atoms with E-state index in [9.17, 15) is 14.4 Å². The van der Waals surface area contributed by atoms with Gasteiger partial charge in [-0.1, -0.05) is 0 Å². The number of carbonyl (C=O) groups excluding carboxylic acids is 2. The topological polar surface area (TPSA) is 90.7 Å². The molecule has 8 nitrogen and oxygen atoms in total. The van der Waals surface area contributed by atoms with E-state index in [1.54, 1.807) is 27.8 Å².